The normalized spacial score (nSPS) is 11.9. The minimum atomic E-state index is -0.541. The molecule has 0 spiro atoms. The number of benzene rings is 2. The molecule has 3 aromatic rings. The van der Waals surface area contributed by atoms with E-state index in [-0.39, 0.29) is 24.4 Å². The number of carbonyl (C=O) groups is 2. The van der Waals surface area contributed by atoms with Crippen molar-refractivity contribution < 1.29 is 14.8 Å². The molecular formula is C21H15NO4. The van der Waals surface area contributed by atoms with Gasteiger partial charge in [0, 0.05) is 29.2 Å². The summed E-state index contributed by atoms with van der Waals surface area (Å²) >= 11 is 0. The predicted molar refractivity (Wildman–Crippen MR) is 95.8 cm³/mol. The molecule has 5 heteroatoms. The molecule has 0 bridgehead atoms. The smallest absolute Gasteiger partial charge is 0.283 e. The van der Waals surface area contributed by atoms with Crippen LogP contribution >= 0.6 is 0 Å². The van der Waals surface area contributed by atoms with Gasteiger partial charge < -0.3 is 5.21 Å². The molecule has 26 heavy (non-hydrogen) atoms. The van der Waals surface area contributed by atoms with Crippen molar-refractivity contribution in [1.29, 1.82) is 0 Å². The third-order valence-electron chi connectivity index (χ3n) is 4.67. The van der Waals surface area contributed by atoms with Gasteiger partial charge in [-0.05, 0) is 23.6 Å². The second-order valence-corrected chi connectivity index (χ2v) is 6.19. The lowest BCUT2D eigenvalue weighted by atomic mass is 9.95. The fourth-order valence-electron chi connectivity index (χ4n) is 3.39. The molecule has 0 amide bonds. The fraction of sp³-hybridized carbons (Fsp3) is 0.0952. The van der Waals surface area contributed by atoms with Crippen LogP contribution < -0.4 is 5.56 Å². The third kappa shape index (κ3) is 2.45. The first-order chi connectivity index (χ1) is 12.6. The Morgan fingerprint density at radius 1 is 0.846 bits per heavy atom. The van der Waals surface area contributed by atoms with Crippen LogP contribution in [-0.4, -0.2) is 21.5 Å². The monoisotopic (exact) mass is 345 g/mol. The van der Waals surface area contributed by atoms with Gasteiger partial charge >= 0.3 is 0 Å². The predicted octanol–water partition coefficient (Wildman–Crippen LogP) is 3.11. The molecule has 0 saturated carbocycles. The Bertz CT molecular complexity index is 1110. The first-order valence-corrected chi connectivity index (χ1v) is 8.28. The summed E-state index contributed by atoms with van der Waals surface area (Å²) in [6.45, 7) is 0. The van der Waals surface area contributed by atoms with Crippen LogP contribution in [0.4, 0.5) is 0 Å². The van der Waals surface area contributed by atoms with E-state index < -0.39 is 5.56 Å². The molecule has 4 rings (SSSR count). The number of pyridine rings is 1. The Balaban J connectivity index is 1.66. The SMILES string of the molecule is O=C(CCc1cccc(=O)n1O)c1cccc2c1C(=O)c1ccccc1-2. The fourth-order valence-corrected chi connectivity index (χ4v) is 3.39. The van der Waals surface area contributed by atoms with Crippen LogP contribution in [0.1, 0.15) is 38.4 Å². The number of fused-ring (bicyclic) bond motifs is 3. The van der Waals surface area contributed by atoms with Crippen LogP contribution in [0.15, 0.2) is 65.5 Å². The molecule has 5 nitrogen and oxygen atoms in total. The van der Waals surface area contributed by atoms with E-state index >= 15 is 0 Å². The largest absolute Gasteiger partial charge is 0.425 e. The molecule has 1 aliphatic rings. The first kappa shape index (κ1) is 16.0. The molecule has 0 saturated heterocycles. The van der Waals surface area contributed by atoms with Crippen LogP contribution in [0.25, 0.3) is 11.1 Å². The van der Waals surface area contributed by atoms with E-state index in [9.17, 15) is 19.6 Å². The summed E-state index contributed by atoms with van der Waals surface area (Å²) in [5.41, 5.74) is 2.86. The van der Waals surface area contributed by atoms with Crippen molar-refractivity contribution >= 4 is 11.6 Å². The van der Waals surface area contributed by atoms with Crippen molar-refractivity contribution in [2.75, 3.05) is 0 Å². The minimum absolute atomic E-state index is 0.0874. The molecule has 1 heterocycles. The summed E-state index contributed by atoms with van der Waals surface area (Å²) < 4.78 is 0.545. The van der Waals surface area contributed by atoms with E-state index in [2.05, 4.69) is 0 Å². The van der Waals surface area contributed by atoms with Gasteiger partial charge in [0.05, 0.1) is 5.69 Å². The van der Waals surface area contributed by atoms with E-state index in [1.807, 2.05) is 18.2 Å². The zero-order valence-electron chi connectivity index (χ0n) is 13.8. The van der Waals surface area contributed by atoms with Gasteiger partial charge in [-0.1, -0.05) is 48.5 Å². The zero-order valence-corrected chi connectivity index (χ0v) is 13.8. The van der Waals surface area contributed by atoms with Crippen molar-refractivity contribution in [2.24, 2.45) is 0 Å². The Labute approximate surface area is 149 Å². The molecule has 0 radical (unpaired) electrons. The van der Waals surface area contributed by atoms with Crippen molar-refractivity contribution in [3.05, 3.63) is 93.4 Å². The maximum absolute atomic E-state index is 12.7. The first-order valence-electron chi connectivity index (χ1n) is 8.28. The number of Topliss-reactive ketones (excluding diaryl/α,β-unsaturated/α-hetero) is 1. The van der Waals surface area contributed by atoms with Gasteiger partial charge in [-0.2, -0.15) is 4.73 Å². The highest BCUT2D eigenvalue weighted by atomic mass is 16.5. The molecule has 1 N–H and O–H groups in total. The molecule has 0 aliphatic heterocycles. The number of aromatic nitrogens is 1. The minimum Gasteiger partial charge on any atom is -0.425 e. The highest BCUT2D eigenvalue weighted by Gasteiger charge is 2.30. The number of carbonyl (C=O) groups excluding carboxylic acids is 2. The van der Waals surface area contributed by atoms with Gasteiger partial charge in [-0.15, -0.1) is 0 Å². The number of ketones is 2. The number of aryl methyl sites for hydroxylation is 1. The number of hydrogen-bond acceptors (Lipinski definition) is 4. The molecule has 1 aromatic heterocycles. The Kier molecular flexibility index (Phi) is 3.77. The highest BCUT2D eigenvalue weighted by Crippen LogP contribution is 2.38. The number of rotatable bonds is 4. The molecule has 0 unspecified atom stereocenters. The molecule has 0 fully saturated rings. The molecular weight excluding hydrogens is 330 g/mol. The van der Waals surface area contributed by atoms with Gasteiger partial charge in [0.15, 0.2) is 11.6 Å². The second kappa shape index (κ2) is 6.11. The number of hydrogen-bond donors (Lipinski definition) is 1. The van der Waals surface area contributed by atoms with Gasteiger partial charge in [0.25, 0.3) is 5.56 Å². The van der Waals surface area contributed by atoms with Gasteiger partial charge in [-0.3, -0.25) is 14.4 Å². The van der Waals surface area contributed by atoms with Crippen LogP contribution in [0.2, 0.25) is 0 Å². The van der Waals surface area contributed by atoms with Gasteiger partial charge in [0.1, 0.15) is 0 Å². The van der Waals surface area contributed by atoms with Crippen LogP contribution in [0.5, 0.6) is 0 Å². The molecule has 128 valence electrons. The van der Waals surface area contributed by atoms with Crippen LogP contribution in [0, 0.1) is 0 Å². The van der Waals surface area contributed by atoms with Crippen molar-refractivity contribution in [3.63, 3.8) is 0 Å². The quantitative estimate of drug-likeness (QED) is 0.455. The standard InChI is InChI=1S/C21H15NO4/c23-18(12-11-13-5-3-10-19(24)22(13)26)17-9-4-8-15-14-6-1-2-7-16(14)21(25)20(15)17/h1-10,26H,11-12H2. The van der Waals surface area contributed by atoms with Crippen LogP contribution in [-0.2, 0) is 6.42 Å². The number of nitrogens with zero attached hydrogens (tertiary/aromatic N) is 1. The van der Waals surface area contributed by atoms with E-state index in [1.165, 1.54) is 12.1 Å². The van der Waals surface area contributed by atoms with Crippen molar-refractivity contribution in [3.8, 4) is 11.1 Å². The van der Waals surface area contributed by atoms with E-state index in [0.717, 1.165) is 11.1 Å². The lowest BCUT2D eigenvalue weighted by Crippen LogP contribution is -2.20. The topological polar surface area (TPSA) is 76.4 Å². The molecule has 0 atom stereocenters. The summed E-state index contributed by atoms with van der Waals surface area (Å²) in [5.74, 6) is -0.336. The van der Waals surface area contributed by atoms with E-state index in [4.69, 9.17) is 0 Å². The maximum Gasteiger partial charge on any atom is 0.283 e. The molecule has 1 aliphatic carbocycles. The maximum atomic E-state index is 12.7. The Morgan fingerprint density at radius 3 is 2.35 bits per heavy atom. The summed E-state index contributed by atoms with van der Waals surface area (Å²) in [4.78, 5) is 37.0. The van der Waals surface area contributed by atoms with Gasteiger partial charge in [0.2, 0.25) is 0 Å². The van der Waals surface area contributed by atoms with E-state index in [0.29, 0.717) is 27.1 Å². The summed E-state index contributed by atoms with van der Waals surface area (Å²) in [6.07, 6.45) is 0.292. The Morgan fingerprint density at radius 2 is 1.54 bits per heavy atom. The summed E-state index contributed by atoms with van der Waals surface area (Å²) in [6, 6.07) is 17.0. The second-order valence-electron chi connectivity index (χ2n) is 6.19. The highest BCUT2D eigenvalue weighted by molar-refractivity contribution is 6.25. The van der Waals surface area contributed by atoms with Crippen LogP contribution in [0.3, 0.4) is 0 Å². The average molecular weight is 345 g/mol. The van der Waals surface area contributed by atoms with E-state index in [1.54, 1.807) is 30.3 Å². The Hall–Kier alpha value is -3.47. The van der Waals surface area contributed by atoms with Gasteiger partial charge in [-0.25, -0.2) is 0 Å². The van der Waals surface area contributed by atoms with Crippen molar-refractivity contribution in [2.45, 2.75) is 12.8 Å². The summed E-state index contributed by atoms with van der Waals surface area (Å²) in [7, 11) is 0. The summed E-state index contributed by atoms with van der Waals surface area (Å²) in [5, 5.41) is 9.74. The molecule has 2 aromatic carbocycles. The average Bonchev–Trinajstić information content (AvgIpc) is 2.96. The zero-order chi connectivity index (χ0) is 18.3. The van der Waals surface area contributed by atoms with Crippen molar-refractivity contribution in [1.82, 2.24) is 4.73 Å². The lowest BCUT2D eigenvalue weighted by molar-refractivity contribution is 0.0965. The third-order valence-corrected chi connectivity index (χ3v) is 4.67. The lowest BCUT2D eigenvalue weighted by Gasteiger charge is -2.08.